The van der Waals surface area contributed by atoms with Crippen molar-refractivity contribution >= 4 is 5.97 Å². The SMILES string of the molecule is C=CCCN(N)CCC(=O)O. The second-order valence-electron chi connectivity index (χ2n) is 2.26. The smallest absolute Gasteiger partial charge is 0.304 e. The zero-order valence-corrected chi connectivity index (χ0v) is 6.49. The minimum Gasteiger partial charge on any atom is -0.481 e. The van der Waals surface area contributed by atoms with E-state index in [-0.39, 0.29) is 6.42 Å². The number of carboxylic acids is 1. The number of nitrogens with two attached hydrogens (primary N) is 1. The summed E-state index contributed by atoms with van der Waals surface area (Å²) in [5.74, 6) is 4.61. The molecular formula is C7H14N2O2. The van der Waals surface area contributed by atoms with Gasteiger partial charge in [-0.2, -0.15) is 0 Å². The van der Waals surface area contributed by atoms with E-state index in [9.17, 15) is 4.79 Å². The van der Waals surface area contributed by atoms with E-state index in [0.29, 0.717) is 13.1 Å². The summed E-state index contributed by atoms with van der Waals surface area (Å²) in [6.07, 6.45) is 2.63. The molecule has 0 fully saturated rings. The lowest BCUT2D eigenvalue weighted by Gasteiger charge is -2.12. The van der Waals surface area contributed by atoms with Crippen LogP contribution in [-0.4, -0.2) is 29.2 Å². The van der Waals surface area contributed by atoms with E-state index in [1.54, 1.807) is 6.08 Å². The molecule has 0 aromatic heterocycles. The Labute approximate surface area is 66.3 Å². The number of hydrogen-bond donors (Lipinski definition) is 2. The second kappa shape index (κ2) is 5.88. The van der Waals surface area contributed by atoms with Crippen molar-refractivity contribution in [2.45, 2.75) is 12.8 Å². The highest BCUT2D eigenvalue weighted by molar-refractivity contribution is 5.66. The van der Waals surface area contributed by atoms with Crippen molar-refractivity contribution in [1.29, 1.82) is 0 Å². The highest BCUT2D eigenvalue weighted by atomic mass is 16.4. The summed E-state index contributed by atoms with van der Waals surface area (Å²) in [6, 6.07) is 0. The number of nitrogens with zero attached hydrogens (tertiary/aromatic N) is 1. The van der Waals surface area contributed by atoms with E-state index in [1.165, 1.54) is 5.01 Å². The molecule has 0 saturated carbocycles. The summed E-state index contributed by atoms with van der Waals surface area (Å²) in [5.41, 5.74) is 0. The van der Waals surface area contributed by atoms with Crippen molar-refractivity contribution in [1.82, 2.24) is 5.01 Å². The van der Waals surface area contributed by atoms with E-state index < -0.39 is 5.97 Å². The Morgan fingerprint density at radius 3 is 2.73 bits per heavy atom. The molecule has 0 spiro atoms. The Balaban J connectivity index is 3.28. The van der Waals surface area contributed by atoms with E-state index in [1.807, 2.05) is 0 Å². The number of hydrazine groups is 1. The van der Waals surface area contributed by atoms with Crippen LogP contribution in [-0.2, 0) is 4.79 Å². The molecule has 0 unspecified atom stereocenters. The van der Waals surface area contributed by atoms with Crippen LogP contribution >= 0.6 is 0 Å². The third-order valence-corrected chi connectivity index (χ3v) is 1.23. The molecule has 11 heavy (non-hydrogen) atoms. The lowest BCUT2D eigenvalue weighted by Crippen LogP contribution is -2.33. The summed E-state index contributed by atoms with van der Waals surface area (Å²) < 4.78 is 0. The first-order valence-electron chi connectivity index (χ1n) is 3.49. The highest BCUT2D eigenvalue weighted by Gasteiger charge is 2.00. The Morgan fingerprint density at radius 2 is 2.27 bits per heavy atom. The van der Waals surface area contributed by atoms with E-state index >= 15 is 0 Å². The largest absolute Gasteiger partial charge is 0.481 e. The van der Waals surface area contributed by atoms with Crippen molar-refractivity contribution in [2.24, 2.45) is 5.84 Å². The second-order valence-corrected chi connectivity index (χ2v) is 2.26. The Kier molecular flexibility index (Phi) is 5.42. The fourth-order valence-corrected chi connectivity index (χ4v) is 0.608. The molecule has 0 aromatic rings. The quantitative estimate of drug-likeness (QED) is 0.329. The van der Waals surface area contributed by atoms with Gasteiger partial charge in [-0.1, -0.05) is 6.08 Å². The predicted molar refractivity (Wildman–Crippen MR) is 42.8 cm³/mol. The normalized spacial score (nSPS) is 10.0. The molecule has 0 rings (SSSR count). The van der Waals surface area contributed by atoms with Gasteiger partial charge in [0.15, 0.2) is 0 Å². The fraction of sp³-hybridized carbons (Fsp3) is 0.571. The molecule has 0 radical (unpaired) electrons. The molecule has 4 heteroatoms. The maximum Gasteiger partial charge on any atom is 0.304 e. The number of carbonyl (C=O) groups is 1. The van der Waals surface area contributed by atoms with Crippen LogP contribution in [0.1, 0.15) is 12.8 Å². The molecule has 3 N–H and O–H groups in total. The van der Waals surface area contributed by atoms with Crippen LogP contribution in [0, 0.1) is 0 Å². The van der Waals surface area contributed by atoms with Crippen LogP contribution in [0.4, 0.5) is 0 Å². The first-order valence-corrected chi connectivity index (χ1v) is 3.49. The predicted octanol–water partition coefficient (Wildman–Crippen LogP) is 0.213. The van der Waals surface area contributed by atoms with Gasteiger partial charge in [0.25, 0.3) is 0 Å². The van der Waals surface area contributed by atoms with Crippen molar-refractivity contribution in [3.63, 3.8) is 0 Å². The van der Waals surface area contributed by atoms with Gasteiger partial charge in [-0.15, -0.1) is 6.58 Å². The van der Waals surface area contributed by atoms with Gasteiger partial charge in [0.1, 0.15) is 0 Å². The molecule has 0 aliphatic heterocycles. The van der Waals surface area contributed by atoms with Gasteiger partial charge in [-0.05, 0) is 6.42 Å². The van der Waals surface area contributed by atoms with Gasteiger partial charge >= 0.3 is 5.97 Å². The summed E-state index contributed by atoms with van der Waals surface area (Å²) in [6.45, 7) is 4.58. The minimum absolute atomic E-state index is 0.0909. The maximum atomic E-state index is 10.1. The van der Waals surface area contributed by atoms with Crippen LogP contribution in [0.2, 0.25) is 0 Å². The van der Waals surface area contributed by atoms with Gasteiger partial charge in [0.05, 0.1) is 6.42 Å². The maximum absolute atomic E-state index is 10.1. The monoisotopic (exact) mass is 158 g/mol. The third kappa shape index (κ3) is 7.02. The van der Waals surface area contributed by atoms with Gasteiger partial charge in [-0.3, -0.25) is 10.6 Å². The van der Waals surface area contributed by atoms with Gasteiger partial charge < -0.3 is 5.11 Å². The van der Waals surface area contributed by atoms with Crippen LogP contribution < -0.4 is 5.84 Å². The van der Waals surface area contributed by atoms with Crippen LogP contribution in [0.3, 0.4) is 0 Å². The molecule has 0 atom stereocenters. The Morgan fingerprint density at radius 1 is 1.64 bits per heavy atom. The molecule has 0 saturated heterocycles. The van der Waals surface area contributed by atoms with Crippen molar-refractivity contribution in [3.05, 3.63) is 12.7 Å². The average molecular weight is 158 g/mol. The molecule has 0 aromatic carbocycles. The Bertz CT molecular complexity index is 136. The molecule has 0 amide bonds. The summed E-state index contributed by atoms with van der Waals surface area (Å²) in [7, 11) is 0. The summed E-state index contributed by atoms with van der Waals surface area (Å²) >= 11 is 0. The van der Waals surface area contributed by atoms with Gasteiger partial charge in [-0.25, -0.2) is 5.01 Å². The average Bonchev–Trinajstić information content (AvgIpc) is 1.97. The molecule has 0 bridgehead atoms. The standard InChI is InChI=1S/C7H14N2O2/c1-2-3-5-9(8)6-4-7(10)11/h2H,1,3-6,8H2,(H,10,11). The van der Waals surface area contributed by atoms with Gasteiger partial charge in [0.2, 0.25) is 0 Å². The molecule has 4 nitrogen and oxygen atoms in total. The molecule has 64 valence electrons. The lowest BCUT2D eigenvalue weighted by molar-refractivity contribution is -0.137. The van der Waals surface area contributed by atoms with E-state index in [0.717, 1.165) is 6.42 Å². The first kappa shape index (κ1) is 10.1. The Hall–Kier alpha value is -0.870. The number of rotatable bonds is 6. The van der Waals surface area contributed by atoms with Crippen LogP contribution in [0.25, 0.3) is 0 Å². The summed E-state index contributed by atoms with van der Waals surface area (Å²) in [4.78, 5) is 10.1. The first-order chi connectivity index (χ1) is 5.16. The summed E-state index contributed by atoms with van der Waals surface area (Å²) in [5, 5.41) is 9.77. The third-order valence-electron chi connectivity index (χ3n) is 1.23. The van der Waals surface area contributed by atoms with Gasteiger partial charge in [0, 0.05) is 13.1 Å². The molecule has 0 aliphatic rings. The topological polar surface area (TPSA) is 66.6 Å². The highest BCUT2D eigenvalue weighted by Crippen LogP contribution is 1.87. The molecule has 0 heterocycles. The van der Waals surface area contributed by atoms with E-state index in [2.05, 4.69) is 6.58 Å². The van der Waals surface area contributed by atoms with E-state index in [4.69, 9.17) is 10.9 Å². The zero-order chi connectivity index (χ0) is 8.69. The van der Waals surface area contributed by atoms with Crippen molar-refractivity contribution < 1.29 is 9.90 Å². The molecular weight excluding hydrogens is 144 g/mol. The number of carboxylic acid groups (broad SMARTS) is 1. The van der Waals surface area contributed by atoms with Crippen molar-refractivity contribution in [2.75, 3.05) is 13.1 Å². The number of hydrogen-bond acceptors (Lipinski definition) is 3. The van der Waals surface area contributed by atoms with Crippen molar-refractivity contribution in [3.8, 4) is 0 Å². The zero-order valence-electron chi connectivity index (χ0n) is 6.49. The number of aliphatic carboxylic acids is 1. The lowest BCUT2D eigenvalue weighted by atomic mass is 10.4. The fourth-order valence-electron chi connectivity index (χ4n) is 0.608. The van der Waals surface area contributed by atoms with Crippen LogP contribution in [0.15, 0.2) is 12.7 Å². The molecule has 0 aliphatic carbocycles. The van der Waals surface area contributed by atoms with Crippen LogP contribution in [0.5, 0.6) is 0 Å². The minimum atomic E-state index is -0.820.